The average Bonchev–Trinajstić information content (AvgIpc) is 3.15. The number of nitrogens with zero attached hydrogens (tertiary/aromatic N) is 4. The molecule has 23 heavy (non-hydrogen) atoms. The number of thiazole rings is 1. The van der Waals surface area contributed by atoms with Crippen molar-refractivity contribution in [2.75, 3.05) is 43.0 Å². The van der Waals surface area contributed by atoms with E-state index in [0.717, 1.165) is 37.0 Å². The van der Waals surface area contributed by atoms with Gasteiger partial charge in [-0.25, -0.2) is 4.98 Å². The van der Waals surface area contributed by atoms with Crippen LogP contribution in [0.2, 0.25) is 0 Å². The fraction of sp³-hybridized carbons (Fsp3) is 0.412. The summed E-state index contributed by atoms with van der Waals surface area (Å²) in [5.41, 5.74) is 0.936. The molecule has 1 saturated heterocycles. The molecule has 1 aliphatic rings. The van der Waals surface area contributed by atoms with Crippen molar-refractivity contribution in [3.63, 3.8) is 0 Å². The molecule has 122 valence electrons. The Balaban J connectivity index is 1.58. The van der Waals surface area contributed by atoms with Crippen molar-refractivity contribution in [3.8, 4) is 0 Å². The Hall–Kier alpha value is -1.92. The van der Waals surface area contributed by atoms with Gasteiger partial charge in [0, 0.05) is 50.5 Å². The Morgan fingerprint density at radius 1 is 1.22 bits per heavy atom. The van der Waals surface area contributed by atoms with Crippen molar-refractivity contribution in [1.82, 2.24) is 9.88 Å². The monoisotopic (exact) mass is 330 g/mol. The van der Waals surface area contributed by atoms with Crippen molar-refractivity contribution in [3.05, 3.63) is 41.9 Å². The number of carbonyl (C=O) groups is 1. The van der Waals surface area contributed by atoms with Crippen LogP contribution in [0.25, 0.3) is 0 Å². The van der Waals surface area contributed by atoms with E-state index in [2.05, 4.69) is 14.8 Å². The van der Waals surface area contributed by atoms with E-state index < -0.39 is 0 Å². The number of para-hydroxylation sites is 1. The zero-order valence-corrected chi connectivity index (χ0v) is 14.4. The minimum atomic E-state index is -0.112. The summed E-state index contributed by atoms with van der Waals surface area (Å²) >= 11 is 1.67. The number of amides is 1. The molecule has 0 N–H and O–H groups in total. The van der Waals surface area contributed by atoms with Gasteiger partial charge in [-0.15, -0.1) is 11.3 Å². The number of carbonyl (C=O) groups excluding carboxylic acids is 1. The van der Waals surface area contributed by atoms with Gasteiger partial charge in [-0.2, -0.15) is 0 Å². The van der Waals surface area contributed by atoms with Gasteiger partial charge in [-0.1, -0.05) is 18.2 Å². The number of hydrogen-bond acceptors (Lipinski definition) is 5. The largest absolute Gasteiger partial charge is 0.346 e. The van der Waals surface area contributed by atoms with Gasteiger partial charge < -0.3 is 9.80 Å². The topological polar surface area (TPSA) is 39.7 Å². The highest BCUT2D eigenvalue weighted by Crippen LogP contribution is 2.20. The van der Waals surface area contributed by atoms with E-state index in [4.69, 9.17) is 0 Å². The molecule has 1 amide bonds. The van der Waals surface area contributed by atoms with Crippen LogP contribution < -0.4 is 9.80 Å². The summed E-state index contributed by atoms with van der Waals surface area (Å²) in [5.74, 6) is 0.138. The molecule has 0 aliphatic carbocycles. The Morgan fingerprint density at radius 2 is 1.91 bits per heavy atom. The quantitative estimate of drug-likeness (QED) is 0.862. The van der Waals surface area contributed by atoms with E-state index >= 15 is 0 Å². The van der Waals surface area contributed by atoms with E-state index in [-0.39, 0.29) is 11.9 Å². The number of piperazine rings is 1. The number of likely N-dealkylation sites (N-methyl/N-ethyl adjacent to an activating group) is 1. The molecule has 0 saturated carbocycles. The molecule has 6 heteroatoms. The van der Waals surface area contributed by atoms with Crippen LogP contribution in [-0.2, 0) is 4.79 Å². The highest BCUT2D eigenvalue weighted by atomic mass is 32.1. The Kier molecular flexibility index (Phi) is 4.93. The molecule has 1 aromatic heterocycles. The third-order valence-electron chi connectivity index (χ3n) is 4.38. The first-order valence-corrected chi connectivity index (χ1v) is 8.76. The van der Waals surface area contributed by atoms with E-state index in [1.807, 2.05) is 55.9 Å². The Morgan fingerprint density at radius 3 is 2.52 bits per heavy atom. The zero-order chi connectivity index (χ0) is 16.2. The molecular formula is C17H22N4OS. The number of aromatic nitrogens is 1. The van der Waals surface area contributed by atoms with Gasteiger partial charge in [0.15, 0.2) is 5.13 Å². The minimum Gasteiger partial charge on any atom is -0.346 e. The molecular weight excluding hydrogens is 308 g/mol. The smallest absolute Gasteiger partial charge is 0.243 e. The van der Waals surface area contributed by atoms with Crippen LogP contribution in [0.1, 0.15) is 6.92 Å². The second-order valence-electron chi connectivity index (χ2n) is 5.75. The fourth-order valence-corrected chi connectivity index (χ4v) is 3.58. The van der Waals surface area contributed by atoms with Gasteiger partial charge in [0.1, 0.15) is 0 Å². The minimum absolute atomic E-state index is 0.112. The summed E-state index contributed by atoms with van der Waals surface area (Å²) in [6, 6.07) is 9.69. The maximum atomic E-state index is 12.7. The van der Waals surface area contributed by atoms with Gasteiger partial charge in [0.05, 0.1) is 6.04 Å². The lowest BCUT2D eigenvalue weighted by atomic mass is 10.2. The maximum Gasteiger partial charge on any atom is 0.243 e. The third-order valence-corrected chi connectivity index (χ3v) is 5.22. The first-order valence-electron chi connectivity index (χ1n) is 7.88. The summed E-state index contributed by atoms with van der Waals surface area (Å²) < 4.78 is 0. The van der Waals surface area contributed by atoms with Crippen molar-refractivity contribution < 1.29 is 4.79 Å². The van der Waals surface area contributed by atoms with Gasteiger partial charge in [0.25, 0.3) is 0 Å². The van der Waals surface area contributed by atoms with Crippen molar-refractivity contribution in [1.29, 1.82) is 0 Å². The predicted octanol–water partition coefficient (Wildman–Crippen LogP) is 2.32. The van der Waals surface area contributed by atoms with Crippen LogP contribution in [-0.4, -0.2) is 55.1 Å². The molecule has 0 bridgehead atoms. The van der Waals surface area contributed by atoms with E-state index in [1.165, 1.54) is 0 Å². The summed E-state index contributed by atoms with van der Waals surface area (Å²) in [7, 11) is 1.85. The molecule has 1 aromatic carbocycles. The van der Waals surface area contributed by atoms with E-state index in [1.54, 1.807) is 16.2 Å². The van der Waals surface area contributed by atoms with Gasteiger partial charge in [0.2, 0.25) is 5.91 Å². The average molecular weight is 330 g/mol. The molecule has 0 radical (unpaired) electrons. The molecule has 2 heterocycles. The molecule has 1 atom stereocenters. The molecule has 3 rings (SSSR count). The van der Waals surface area contributed by atoms with Crippen LogP contribution in [0.3, 0.4) is 0 Å². The first-order chi connectivity index (χ1) is 11.2. The molecule has 5 nitrogen and oxygen atoms in total. The molecule has 2 aromatic rings. The summed E-state index contributed by atoms with van der Waals surface area (Å²) in [6.07, 6.45) is 1.84. The number of benzene rings is 1. The Labute approximate surface area is 141 Å². The highest BCUT2D eigenvalue weighted by Gasteiger charge is 2.28. The summed E-state index contributed by atoms with van der Waals surface area (Å²) in [4.78, 5) is 23.4. The number of hydrogen-bond donors (Lipinski definition) is 0. The molecule has 0 spiro atoms. The van der Waals surface area contributed by atoms with Crippen molar-refractivity contribution in [2.45, 2.75) is 13.0 Å². The predicted molar refractivity (Wildman–Crippen MR) is 95.2 cm³/mol. The lowest BCUT2D eigenvalue weighted by molar-refractivity contribution is -0.123. The molecule has 1 aliphatic heterocycles. The van der Waals surface area contributed by atoms with Crippen LogP contribution in [0.4, 0.5) is 10.8 Å². The van der Waals surface area contributed by atoms with Gasteiger partial charge in [-0.05, 0) is 19.1 Å². The van der Waals surface area contributed by atoms with Gasteiger partial charge in [-0.3, -0.25) is 9.69 Å². The summed E-state index contributed by atoms with van der Waals surface area (Å²) in [6.45, 7) is 5.60. The number of anilines is 2. The SMILES string of the molecule is C[C@@H](C(=O)N(C)c1ccccc1)N1CCN(c2nccs2)CC1. The van der Waals surface area contributed by atoms with Crippen LogP contribution >= 0.6 is 11.3 Å². The number of rotatable bonds is 4. The lowest BCUT2D eigenvalue weighted by Gasteiger charge is -2.38. The normalized spacial score (nSPS) is 17.0. The van der Waals surface area contributed by atoms with Crippen molar-refractivity contribution >= 4 is 28.1 Å². The van der Waals surface area contributed by atoms with Crippen LogP contribution in [0.5, 0.6) is 0 Å². The van der Waals surface area contributed by atoms with Crippen LogP contribution in [0, 0.1) is 0 Å². The Bertz CT molecular complexity index is 623. The third kappa shape index (κ3) is 3.54. The zero-order valence-electron chi connectivity index (χ0n) is 13.6. The van der Waals surface area contributed by atoms with E-state index in [9.17, 15) is 4.79 Å². The second kappa shape index (κ2) is 7.10. The first kappa shape index (κ1) is 16.0. The standard InChI is InChI=1S/C17H22N4OS/c1-14(16(22)19(2)15-6-4-3-5-7-15)20-9-11-21(12-10-20)17-18-8-13-23-17/h3-8,13-14H,9-12H2,1-2H3/t14-/m0/s1. The summed E-state index contributed by atoms with van der Waals surface area (Å²) in [5, 5.41) is 3.08. The second-order valence-corrected chi connectivity index (χ2v) is 6.62. The highest BCUT2D eigenvalue weighted by molar-refractivity contribution is 7.13. The molecule has 1 fully saturated rings. The van der Waals surface area contributed by atoms with E-state index in [0.29, 0.717) is 0 Å². The molecule has 0 unspecified atom stereocenters. The van der Waals surface area contributed by atoms with Gasteiger partial charge >= 0.3 is 0 Å². The van der Waals surface area contributed by atoms with Crippen molar-refractivity contribution in [2.24, 2.45) is 0 Å². The fourth-order valence-electron chi connectivity index (χ4n) is 2.89. The lowest BCUT2D eigenvalue weighted by Crippen LogP contribution is -2.54. The maximum absolute atomic E-state index is 12.7. The van der Waals surface area contributed by atoms with Crippen LogP contribution in [0.15, 0.2) is 41.9 Å².